The van der Waals surface area contributed by atoms with Crippen molar-refractivity contribution in [2.75, 3.05) is 6.54 Å². The van der Waals surface area contributed by atoms with Gasteiger partial charge in [0, 0.05) is 11.1 Å². The topological polar surface area (TPSA) is 80.9 Å². The van der Waals surface area contributed by atoms with Crippen molar-refractivity contribution >= 4 is 0 Å². The number of nitrogens with zero attached hydrogens (tertiary/aromatic N) is 1. The van der Waals surface area contributed by atoms with Crippen LogP contribution in [0.5, 0.6) is 0 Å². The fraction of sp³-hybridized carbons (Fsp3) is 0.143. The van der Waals surface area contributed by atoms with Gasteiger partial charge in [0.25, 0.3) is 5.56 Å². The normalized spacial score (nSPS) is 10.0. The molecule has 0 atom stereocenters. The van der Waals surface area contributed by atoms with Gasteiger partial charge in [-0.1, -0.05) is 17.9 Å². The standard InChI is InChI=1S/C14H11F2N3O2/c15-11-6-9(2-1-5-17)3-4-10(11)7-19-8-12(16)13(20)18-14(19)21/h3-4,6,8H,5,7,17H2,(H,18,20,21). The minimum Gasteiger partial charge on any atom is -0.320 e. The number of halogens is 2. The highest BCUT2D eigenvalue weighted by Crippen LogP contribution is 2.10. The number of nitrogens with two attached hydrogens (primary N) is 1. The van der Waals surface area contributed by atoms with Gasteiger partial charge in [-0.25, -0.2) is 9.18 Å². The van der Waals surface area contributed by atoms with Crippen LogP contribution in [0.25, 0.3) is 0 Å². The molecule has 7 heteroatoms. The summed E-state index contributed by atoms with van der Waals surface area (Å²) in [4.78, 5) is 24.2. The second kappa shape index (κ2) is 6.15. The van der Waals surface area contributed by atoms with E-state index in [2.05, 4.69) is 11.8 Å². The minimum absolute atomic E-state index is 0.162. The first kappa shape index (κ1) is 14.7. The highest BCUT2D eigenvalue weighted by Gasteiger charge is 2.08. The van der Waals surface area contributed by atoms with E-state index in [0.717, 1.165) is 10.8 Å². The SMILES string of the molecule is NCC#Cc1ccc(Cn2cc(F)c(=O)[nH]c2=O)c(F)c1. The number of hydrogen-bond donors (Lipinski definition) is 2. The number of nitrogens with one attached hydrogen (secondary N) is 1. The van der Waals surface area contributed by atoms with E-state index in [1.165, 1.54) is 12.1 Å². The van der Waals surface area contributed by atoms with Crippen molar-refractivity contribution < 1.29 is 8.78 Å². The van der Waals surface area contributed by atoms with Gasteiger partial charge >= 0.3 is 5.69 Å². The zero-order valence-corrected chi connectivity index (χ0v) is 10.8. The third kappa shape index (κ3) is 3.43. The summed E-state index contributed by atoms with van der Waals surface area (Å²) in [6, 6.07) is 4.20. The molecule has 0 aliphatic heterocycles. The minimum atomic E-state index is -1.11. The van der Waals surface area contributed by atoms with Gasteiger partial charge in [0.05, 0.1) is 19.3 Å². The second-order valence-corrected chi connectivity index (χ2v) is 4.18. The molecular weight excluding hydrogens is 280 g/mol. The Morgan fingerprint density at radius 2 is 2.00 bits per heavy atom. The Hall–Kier alpha value is -2.72. The summed E-state index contributed by atoms with van der Waals surface area (Å²) in [6.45, 7) is -0.0433. The second-order valence-electron chi connectivity index (χ2n) is 4.18. The lowest BCUT2D eigenvalue weighted by Crippen LogP contribution is -2.31. The quantitative estimate of drug-likeness (QED) is 0.774. The molecule has 5 nitrogen and oxygen atoms in total. The van der Waals surface area contributed by atoms with E-state index in [4.69, 9.17) is 5.73 Å². The molecule has 0 bridgehead atoms. The third-order valence-electron chi connectivity index (χ3n) is 2.70. The van der Waals surface area contributed by atoms with Crippen molar-refractivity contribution in [1.82, 2.24) is 9.55 Å². The van der Waals surface area contributed by atoms with Gasteiger partial charge in [-0.05, 0) is 12.1 Å². The van der Waals surface area contributed by atoms with Crippen LogP contribution in [0.4, 0.5) is 8.78 Å². The zero-order valence-electron chi connectivity index (χ0n) is 10.8. The van der Waals surface area contributed by atoms with Gasteiger partial charge in [0.15, 0.2) is 0 Å². The molecule has 2 aromatic rings. The number of hydrogen-bond acceptors (Lipinski definition) is 3. The fourth-order valence-electron chi connectivity index (χ4n) is 1.69. The maximum absolute atomic E-state index is 13.9. The van der Waals surface area contributed by atoms with Gasteiger partial charge in [0.1, 0.15) is 5.82 Å². The van der Waals surface area contributed by atoms with Crippen LogP contribution in [-0.2, 0) is 6.54 Å². The number of rotatable bonds is 2. The van der Waals surface area contributed by atoms with Crippen LogP contribution in [0.3, 0.4) is 0 Å². The zero-order chi connectivity index (χ0) is 15.4. The summed E-state index contributed by atoms with van der Waals surface area (Å²) in [5.41, 5.74) is 3.91. The average Bonchev–Trinajstić information content (AvgIpc) is 2.45. The number of aromatic nitrogens is 2. The predicted molar refractivity (Wildman–Crippen MR) is 72.7 cm³/mol. The van der Waals surface area contributed by atoms with Crippen LogP contribution in [0.15, 0.2) is 34.0 Å². The summed E-state index contributed by atoms with van der Waals surface area (Å²) in [5.74, 6) is 3.57. The highest BCUT2D eigenvalue weighted by molar-refractivity contribution is 5.37. The van der Waals surface area contributed by atoms with Gasteiger partial charge in [-0.3, -0.25) is 14.3 Å². The molecule has 0 aliphatic carbocycles. The number of H-pyrrole nitrogens is 1. The average molecular weight is 291 g/mol. The van der Waals surface area contributed by atoms with Crippen LogP contribution in [0.1, 0.15) is 11.1 Å². The van der Waals surface area contributed by atoms with E-state index in [-0.39, 0.29) is 18.7 Å². The Labute approximate surface area is 118 Å². The molecule has 0 unspecified atom stereocenters. The molecular formula is C14H11F2N3O2. The third-order valence-corrected chi connectivity index (χ3v) is 2.70. The van der Waals surface area contributed by atoms with Crippen LogP contribution in [0, 0.1) is 23.5 Å². The van der Waals surface area contributed by atoms with Crippen molar-refractivity contribution in [2.24, 2.45) is 5.73 Å². The van der Waals surface area contributed by atoms with Crippen LogP contribution < -0.4 is 17.0 Å². The van der Waals surface area contributed by atoms with E-state index in [1.807, 2.05) is 0 Å². The molecule has 2 rings (SSSR count). The molecule has 0 aliphatic rings. The van der Waals surface area contributed by atoms with Gasteiger partial charge < -0.3 is 5.73 Å². The van der Waals surface area contributed by atoms with Gasteiger partial charge in [-0.15, -0.1) is 0 Å². The lowest BCUT2D eigenvalue weighted by Gasteiger charge is -2.06. The highest BCUT2D eigenvalue weighted by atomic mass is 19.1. The first-order valence-corrected chi connectivity index (χ1v) is 5.98. The Bertz CT molecular complexity index is 844. The molecule has 0 spiro atoms. The van der Waals surface area contributed by atoms with E-state index in [9.17, 15) is 18.4 Å². The predicted octanol–water partition coefficient (Wildman–Crippen LogP) is 0.173. The molecule has 1 aromatic heterocycles. The molecule has 0 saturated carbocycles. The van der Waals surface area contributed by atoms with Crippen LogP contribution in [-0.4, -0.2) is 16.1 Å². The van der Waals surface area contributed by atoms with Crippen molar-refractivity contribution in [1.29, 1.82) is 0 Å². The molecule has 0 saturated heterocycles. The molecule has 3 N–H and O–H groups in total. The molecule has 1 heterocycles. The summed E-state index contributed by atoms with van der Waals surface area (Å²) in [5, 5.41) is 0. The Morgan fingerprint density at radius 1 is 1.24 bits per heavy atom. The summed E-state index contributed by atoms with van der Waals surface area (Å²) >= 11 is 0. The maximum atomic E-state index is 13.9. The molecule has 21 heavy (non-hydrogen) atoms. The van der Waals surface area contributed by atoms with Gasteiger partial charge in [0.2, 0.25) is 5.82 Å². The Morgan fingerprint density at radius 3 is 2.67 bits per heavy atom. The first-order chi connectivity index (χ1) is 10.0. The van der Waals surface area contributed by atoms with Crippen molar-refractivity contribution in [3.05, 3.63) is 68.0 Å². The molecule has 0 fully saturated rings. The first-order valence-electron chi connectivity index (χ1n) is 5.98. The maximum Gasteiger partial charge on any atom is 0.328 e. The van der Waals surface area contributed by atoms with Crippen molar-refractivity contribution in [2.45, 2.75) is 6.54 Å². The van der Waals surface area contributed by atoms with Crippen molar-refractivity contribution in [3.63, 3.8) is 0 Å². The van der Waals surface area contributed by atoms with Crippen LogP contribution >= 0.6 is 0 Å². The molecule has 108 valence electrons. The lowest BCUT2D eigenvalue weighted by atomic mass is 10.1. The Kier molecular flexibility index (Phi) is 4.30. The van der Waals surface area contributed by atoms with Gasteiger partial charge in [-0.2, -0.15) is 4.39 Å². The summed E-state index contributed by atoms with van der Waals surface area (Å²) < 4.78 is 27.9. The summed E-state index contributed by atoms with van der Waals surface area (Å²) in [6.07, 6.45) is 0.739. The van der Waals surface area contributed by atoms with E-state index >= 15 is 0 Å². The molecule has 1 aromatic carbocycles. The molecule has 0 amide bonds. The Balaban J connectivity index is 2.34. The van der Waals surface area contributed by atoms with Crippen molar-refractivity contribution in [3.8, 4) is 11.8 Å². The summed E-state index contributed by atoms with van der Waals surface area (Å²) in [7, 11) is 0. The van der Waals surface area contributed by atoms with Crippen LogP contribution in [0.2, 0.25) is 0 Å². The van der Waals surface area contributed by atoms with E-state index < -0.39 is 22.9 Å². The number of aromatic amines is 1. The van der Waals surface area contributed by atoms with E-state index in [1.54, 1.807) is 11.1 Å². The smallest absolute Gasteiger partial charge is 0.320 e. The number of benzene rings is 1. The molecule has 0 radical (unpaired) electrons. The fourth-order valence-corrected chi connectivity index (χ4v) is 1.69. The lowest BCUT2D eigenvalue weighted by molar-refractivity contribution is 0.553. The monoisotopic (exact) mass is 291 g/mol. The largest absolute Gasteiger partial charge is 0.328 e. The van der Waals surface area contributed by atoms with E-state index in [0.29, 0.717) is 5.56 Å².